The van der Waals surface area contributed by atoms with Gasteiger partial charge in [-0.25, -0.2) is 0 Å². The maximum atomic E-state index is 11.6. The Hall–Kier alpha value is -0.860. The van der Waals surface area contributed by atoms with Gasteiger partial charge in [-0.3, -0.25) is 9.59 Å². The summed E-state index contributed by atoms with van der Waals surface area (Å²) in [5.41, 5.74) is 0. The van der Waals surface area contributed by atoms with Gasteiger partial charge in [-0.1, -0.05) is 19.3 Å². The molecule has 1 saturated carbocycles. The van der Waals surface area contributed by atoms with E-state index in [0.29, 0.717) is 13.0 Å². The van der Waals surface area contributed by atoms with E-state index in [0.717, 1.165) is 12.8 Å². The Morgan fingerprint density at radius 3 is 2.43 bits per heavy atom. The van der Waals surface area contributed by atoms with E-state index >= 15 is 0 Å². The molecule has 1 amide bonds. The zero-order valence-electron chi connectivity index (χ0n) is 8.84. The van der Waals surface area contributed by atoms with Crippen LogP contribution in [0.2, 0.25) is 0 Å². The molecule has 0 aromatic heterocycles. The SMILES string of the molecule is CC(=O)CCNC(=O)C1CCCCC1. The molecule has 1 rings (SSSR count). The molecule has 0 heterocycles. The predicted octanol–water partition coefficient (Wildman–Crippen LogP) is 1.66. The number of carbonyl (C=O) groups excluding carboxylic acids is 2. The molecule has 1 fully saturated rings. The molecule has 0 aromatic rings. The third-order valence-corrected chi connectivity index (χ3v) is 2.75. The Balaban J connectivity index is 2.16. The average Bonchev–Trinajstić information content (AvgIpc) is 2.18. The van der Waals surface area contributed by atoms with Crippen LogP contribution in [0.3, 0.4) is 0 Å². The molecule has 1 aliphatic carbocycles. The van der Waals surface area contributed by atoms with Gasteiger partial charge < -0.3 is 5.32 Å². The topological polar surface area (TPSA) is 46.2 Å². The molecule has 1 aliphatic rings. The van der Waals surface area contributed by atoms with Crippen LogP contribution in [0.5, 0.6) is 0 Å². The van der Waals surface area contributed by atoms with Crippen LogP contribution in [0.25, 0.3) is 0 Å². The van der Waals surface area contributed by atoms with Gasteiger partial charge in [-0.2, -0.15) is 0 Å². The van der Waals surface area contributed by atoms with E-state index < -0.39 is 0 Å². The van der Waals surface area contributed by atoms with Crippen molar-refractivity contribution in [2.24, 2.45) is 5.92 Å². The van der Waals surface area contributed by atoms with Gasteiger partial charge in [-0.05, 0) is 19.8 Å². The van der Waals surface area contributed by atoms with Crippen molar-refractivity contribution in [3.63, 3.8) is 0 Å². The lowest BCUT2D eigenvalue weighted by atomic mass is 9.89. The lowest BCUT2D eigenvalue weighted by Gasteiger charge is -2.20. The smallest absolute Gasteiger partial charge is 0.223 e. The number of ketones is 1. The van der Waals surface area contributed by atoms with Gasteiger partial charge in [0.25, 0.3) is 0 Å². The second kappa shape index (κ2) is 5.78. The number of hydrogen-bond donors (Lipinski definition) is 1. The van der Waals surface area contributed by atoms with Crippen molar-refractivity contribution in [1.82, 2.24) is 5.32 Å². The molecule has 14 heavy (non-hydrogen) atoms. The third kappa shape index (κ3) is 3.90. The normalized spacial score (nSPS) is 17.8. The quantitative estimate of drug-likeness (QED) is 0.745. The molecule has 0 atom stereocenters. The number of hydrogen-bond acceptors (Lipinski definition) is 2. The lowest BCUT2D eigenvalue weighted by molar-refractivity contribution is -0.126. The number of carbonyl (C=O) groups is 2. The molecule has 0 aromatic carbocycles. The number of Topliss-reactive ketones (excluding diaryl/α,β-unsaturated/α-hetero) is 1. The Morgan fingerprint density at radius 1 is 1.21 bits per heavy atom. The summed E-state index contributed by atoms with van der Waals surface area (Å²) in [7, 11) is 0. The molecule has 3 heteroatoms. The zero-order chi connectivity index (χ0) is 10.4. The molecule has 0 saturated heterocycles. The third-order valence-electron chi connectivity index (χ3n) is 2.75. The van der Waals surface area contributed by atoms with E-state index in [1.54, 1.807) is 6.92 Å². The molecule has 0 radical (unpaired) electrons. The summed E-state index contributed by atoms with van der Waals surface area (Å²) in [4.78, 5) is 22.2. The van der Waals surface area contributed by atoms with Crippen molar-refractivity contribution in [1.29, 1.82) is 0 Å². The Kier molecular flexibility index (Phi) is 4.63. The Morgan fingerprint density at radius 2 is 1.86 bits per heavy atom. The van der Waals surface area contributed by atoms with E-state index in [1.165, 1.54) is 19.3 Å². The first-order valence-electron chi connectivity index (χ1n) is 5.47. The molecular weight excluding hydrogens is 178 g/mol. The van der Waals surface area contributed by atoms with Gasteiger partial charge in [0.15, 0.2) is 0 Å². The lowest BCUT2D eigenvalue weighted by Crippen LogP contribution is -2.33. The van der Waals surface area contributed by atoms with Gasteiger partial charge in [0, 0.05) is 18.9 Å². The highest BCUT2D eigenvalue weighted by molar-refractivity contribution is 5.80. The van der Waals surface area contributed by atoms with Crippen molar-refractivity contribution in [3.8, 4) is 0 Å². The highest BCUT2D eigenvalue weighted by Crippen LogP contribution is 2.23. The summed E-state index contributed by atoms with van der Waals surface area (Å²) in [6.07, 6.45) is 6.10. The van der Waals surface area contributed by atoms with Crippen LogP contribution in [0.1, 0.15) is 45.4 Å². The fraction of sp³-hybridized carbons (Fsp3) is 0.818. The highest BCUT2D eigenvalue weighted by Gasteiger charge is 2.20. The van der Waals surface area contributed by atoms with Crippen LogP contribution in [-0.4, -0.2) is 18.2 Å². The van der Waals surface area contributed by atoms with E-state index in [2.05, 4.69) is 5.32 Å². The summed E-state index contributed by atoms with van der Waals surface area (Å²) in [6.45, 7) is 2.05. The molecule has 0 aliphatic heterocycles. The largest absolute Gasteiger partial charge is 0.355 e. The molecule has 1 N–H and O–H groups in total. The molecule has 0 unspecified atom stereocenters. The van der Waals surface area contributed by atoms with Gasteiger partial charge in [0.05, 0.1) is 0 Å². The van der Waals surface area contributed by atoms with E-state index in [9.17, 15) is 9.59 Å². The van der Waals surface area contributed by atoms with Crippen LogP contribution in [0, 0.1) is 5.92 Å². The van der Waals surface area contributed by atoms with E-state index in [-0.39, 0.29) is 17.6 Å². The summed E-state index contributed by atoms with van der Waals surface area (Å²) >= 11 is 0. The predicted molar refractivity (Wildman–Crippen MR) is 54.9 cm³/mol. The fourth-order valence-corrected chi connectivity index (χ4v) is 1.87. The minimum atomic E-state index is 0.133. The fourth-order valence-electron chi connectivity index (χ4n) is 1.87. The minimum Gasteiger partial charge on any atom is -0.355 e. The van der Waals surface area contributed by atoms with Crippen molar-refractivity contribution in [2.75, 3.05) is 6.54 Å². The minimum absolute atomic E-state index is 0.133. The second-order valence-corrected chi connectivity index (χ2v) is 4.08. The zero-order valence-corrected chi connectivity index (χ0v) is 8.84. The standard InChI is InChI=1S/C11H19NO2/c1-9(13)7-8-12-11(14)10-5-3-2-4-6-10/h10H,2-8H2,1H3,(H,12,14). The number of nitrogens with one attached hydrogen (secondary N) is 1. The number of amides is 1. The van der Waals surface area contributed by atoms with Gasteiger partial charge in [0.1, 0.15) is 5.78 Å². The summed E-state index contributed by atoms with van der Waals surface area (Å²) < 4.78 is 0. The van der Waals surface area contributed by atoms with Crippen molar-refractivity contribution >= 4 is 11.7 Å². The molecule has 80 valence electrons. The van der Waals surface area contributed by atoms with Crippen LogP contribution in [-0.2, 0) is 9.59 Å². The summed E-state index contributed by atoms with van der Waals surface area (Å²) in [5.74, 6) is 0.482. The highest BCUT2D eigenvalue weighted by atomic mass is 16.2. The maximum absolute atomic E-state index is 11.6. The number of rotatable bonds is 4. The first-order chi connectivity index (χ1) is 6.70. The first kappa shape index (κ1) is 11.2. The van der Waals surface area contributed by atoms with Gasteiger partial charge in [-0.15, -0.1) is 0 Å². The molecule has 0 bridgehead atoms. The van der Waals surface area contributed by atoms with Gasteiger partial charge >= 0.3 is 0 Å². The van der Waals surface area contributed by atoms with Crippen LogP contribution < -0.4 is 5.32 Å². The van der Waals surface area contributed by atoms with Crippen molar-refractivity contribution < 1.29 is 9.59 Å². The van der Waals surface area contributed by atoms with Crippen LogP contribution >= 0.6 is 0 Å². The van der Waals surface area contributed by atoms with Crippen molar-refractivity contribution in [2.45, 2.75) is 45.4 Å². The van der Waals surface area contributed by atoms with Crippen LogP contribution in [0.4, 0.5) is 0 Å². The second-order valence-electron chi connectivity index (χ2n) is 4.08. The molecular formula is C11H19NO2. The summed E-state index contributed by atoms with van der Waals surface area (Å²) in [5, 5.41) is 2.82. The summed E-state index contributed by atoms with van der Waals surface area (Å²) in [6, 6.07) is 0. The Bertz CT molecular complexity index is 207. The van der Waals surface area contributed by atoms with Crippen LogP contribution in [0.15, 0.2) is 0 Å². The maximum Gasteiger partial charge on any atom is 0.223 e. The van der Waals surface area contributed by atoms with Crippen molar-refractivity contribution in [3.05, 3.63) is 0 Å². The van der Waals surface area contributed by atoms with E-state index in [1.807, 2.05) is 0 Å². The monoisotopic (exact) mass is 197 g/mol. The first-order valence-corrected chi connectivity index (χ1v) is 5.47. The Labute approximate surface area is 85.3 Å². The van der Waals surface area contributed by atoms with Gasteiger partial charge in [0.2, 0.25) is 5.91 Å². The molecule has 3 nitrogen and oxygen atoms in total. The average molecular weight is 197 g/mol. The van der Waals surface area contributed by atoms with E-state index in [4.69, 9.17) is 0 Å². The molecule has 0 spiro atoms.